The molecule has 1 heterocycles. The Morgan fingerprint density at radius 2 is 1.80 bits per heavy atom. The average molecular weight is 235 g/mol. The lowest BCUT2D eigenvalue weighted by molar-refractivity contribution is 0.294. The van der Waals surface area contributed by atoms with Gasteiger partial charge in [0.25, 0.3) is 10.2 Å². The Labute approximate surface area is 92.4 Å². The summed E-state index contributed by atoms with van der Waals surface area (Å²) in [7, 11) is -1.34. The van der Waals surface area contributed by atoms with Crippen molar-refractivity contribution in [1.29, 1.82) is 0 Å². The largest absolute Gasteiger partial charge is 0.317 e. The first-order valence-electron chi connectivity index (χ1n) is 5.40. The van der Waals surface area contributed by atoms with Crippen molar-refractivity contribution in [3.05, 3.63) is 0 Å². The molecule has 0 aromatic heterocycles. The zero-order valence-electron chi connectivity index (χ0n) is 9.66. The molecule has 0 unspecified atom stereocenters. The molecule has 0 bridgehead atoms. The summed E-state index contributed by atoms with van der Waals surface area (Å²) in [5.74, 6) is 0. The highest BCUT2D eigenvalue weighted by Crippen LogP contribution is 2.12. The highest BCUT2D eigenvalue weighted by molar-refractivity contribution is 7.87. The summed E-state index contributed by atoms with van der Waals surface area (Å²) < 4.78 is 27.7. The maximum atomic E-state index is 11.8. The lowest BCUT2D eigenvalue weighted by Crippen LogP contribution is -2.49. The predicted molar refractivity (Wildman–Crippen MR) is 60.8 cm³/mol. The molecular weight excluding hydrogens is 214 g/mol. The molecule has 1 rings (SSSR count). The van der Waals surface area contributed by atoms with Crippen LogP contribution < -0.4 is 10.0 Å². The molecule has 0 atom stereocenters. The number of hydrogen-bond acceptors (Lipinski definition) is 3. The van der Waals surface area contributed by atoms with Crippen LogP contribution in [0.25, 0.3) is 0 Å². The van der Waals surface area contributed by atoms with E-state index in [4.69, 9.17) is 0 Å². The predicted octanol–water partition coefficient (Wildman–Crippen LogP) is -0.0870. The van der Waals surface area contributed by atoms with E-state index in [1.807, 2.05) is 20.9 Å². The van der Waals surface area contributed by atoms with E-state index in [1.54, 1.807) is 0 Å². The Morgan fingerprint density at radius 3 is 2.20 bits per heavy atom. The Bertz CT molecular complexity index is 282. The number of nitrogens with one attached hydrogen (secondary N) is 2. The van der Waals surface area contributed by atoms with Crippen molar-refractivity contribution in [3.8, 4) is 0 Å². The van der Waals surface area contributed by atoms with Gasteiger partial charge in [-0.1, -0.05) is 0 Å². The minimum absolute atomic E-state index is 0.0444. The van der Waals surface area contributed by atoms with Gasteiger partial charge in [0.15, 0.2) is 0 Å². The maximum absolute atomic E-state index is 11.8. The van der Waals surface area contributed by atoms with Crippen LogP contribution in [0.5, 0.6) is 0 Å². The van der Waals surface area contributed by atoms with Gasteiger partial charge >= 0.3 is 0 Å². The molecule has 5 nitrogen and oxygen atoms in total. The molecule has 0 radical (unpaired) electrons. The van der Waals surface area contributed by atoms with Crippen molar-refractivity contribution < 1.29 is 8.42 Å². The highest BCUT2D eigenvalue weighted by Gasteiger charge is 2.27. The summed E-state index contributed by atoms with van der Waals surface area (Å²) in [5, 5.41) is 3.17. The molecule has 0 amide bonds. The molecule has 90 valence electrons. The second-order valence-corrected chi connectivity index (χ2v) is 5.94. The van der Waals surface area contributed by atoms with Gasteiger partial charge in [0.1, 0.15) is 0 Å². The van der Waals surface area contributed by atoms with Gasteiger partial charge in [0, 0.05) is 25.2 Å². The summed E-state index contributed by atoms with van der Waals surface area (Å²) in [6, 6.07) is 0.410. The van der Waals surface area contributed by atoms with Crippen molar-refractivity contribution in [2.75, 3.05) is 20.1 Å². The first-order valence-corrected chi connectivity index (χ1v) is 6.84. The van der Waals surface area contributed by atoms with Gasteiger partial charge in [-0.05, 0) is 33.7 Å². The summed E-state index contributed by atoms with van der Waals surface area (Å²) in [6.07, 6.45) is 1.77. The molecule has 0 aromatic rings. The number of piperidine rings is 1. The fourth-order valence-electron chi connectivity index (χ4n) is 1.76. The molecule has 6 heteroatoms. The summed E-state index contributed by atoms with van der Waals surface area (Å²) in [4.78, 5) is 0. The van der Waals surface area contributed by atoms with E-state index in [1.165, 1.54) is 4.31 Å². The lowest BCUT2D eigenvalue weighted by Gasteiger charge is -2.31. The molecule has 2 N–H and O–H groups in total. The van der Waals surface area contributed by atoms with Gasteiger partial charge in [0.2, 0.25) is 0 Å². The Balaban J connectivity index is 2.52. The molecule has 0 saturated carbocycles. The van der Waals surface area contributed by atoms with Gasteiger partial charge in [0.05, 0.1) is 0 Å². The monoisotopic (exact) mass is 235 g/mol. The molecule has 0 aromatic carbocycles. The molecule has 1 aliphatic heterocycles. The van der Waals surface area contributed by atoms with E-state index in [9.17, 15) is 8.42 Å². The van der Waals surface area contributed by atoms with Crippen LogP contribution in [0.1, 0.15) is 26.7 Å². The van der Waals surface area contributed by atoms with Gasteiger partial charge in [-0.15, -0.1) is 0 Å². The van der Waals surface area contributed by atoms with Crippen LogP contribution in [-0.2, 0) is 10.2 Å². The molecule has 15 heavy (non-hydrogen) atoms. The topological polar surface area (TPSA) is 61.4 Å². The second kappa shape index (κ2) is 5.25. The van der Waals surface area contributed by atoms with Crippen molar-refractivity contribution in [2.45, 2.75) is 38.8 Å². The number of hydrogen-bond donors (Lipinski definition) is 2. The van der Waals surface area contributed by atoms with Crippen LogP contribution in [0.4, 0.5) is 0 Å². The fraction of sp³-hybridized carbons (Fsp3) is 1.00. The maximum Gasteiger partial charge on any atom is 0.279 e. The van der Waals surface area contributed by atoms with Crippen LogP contribution in [0.3, 0.4) is 0 Å². The van der Waals surface area contributed by atoms with Crippen LogP contribution >= 0.6 is 0 Å². The first kappa shape index (κ1) is 12.9. The van der Waals surface area contributed by atoms with Gasteiger partial charge < -0.3 is 5.32 Å². The molecule has 1 aliphatic rings. The minimum Gasteiger partial charge on any atom is -0.317 e. The second-order valence-electron chi connectivity index (χ2n) is 4.24. The lowest BCUT2D eigenvalue weighted by atomic mass is 10.1. The molecule has 0 spiro atoms. The SMILES string of the molecule is CNC1CCN(S(=O)(=O)NC(C)C)CC1. The Hall–Kier alpha value is -0.170. The summed E-state index contributed by atoms with van der Waals surface area (Å²) in [6.45, 7) is 4.87. The summed E-state index contributed by atoms with van der Waals surface area (Å²) >= 11 is 0. The molecule has 0 aliphatic carbocycles. The summed E-state index contributed by atoms with van der Waals surface area (Å²) in [5.41, 5.74) is 0. The van der Waals surface area contributed by atoms with Gasteiger partial charge in [-0.3, -0.25) is 0 Å². The smallest absolute Gasteiger partial charge is 0.279 e. The van der Waals surface area contributed by atoms with Crippen molar-refractivity contribution in [1.82, 2.24) is 14.3 Å². The quantitative estimate of drug-likeness (QED) is 0.716. The van der Waals surface area contributed by atoms with Crippen molar-refractivity contribution >= 4 is 10.2 Å². The standard InChI is InChI=1S/C9H21N3O2S/c1-8(2)11-15(13,14)12-6-4-9(10-3)5-7-12/h8-11H,4-7H2,1-3H3. The zero-order chi connectivity index (χ0) is 11.5. The number of nitrogens with zero attached hydrogens (tertiary/aromatic N) is 1. The van der Waals surface area contributed by atoms with Crippen LogP contribution in [0, 0.1) is 0 Å². The highest BCUT2D eigenvalue weighted by atomic mass is 32.2. The third-order valence-electron chi connectivity index (χ3n) is 2.59. The number of rotatable bonds is 4. The van der Waals surface area contributed by atoms with Crippen LogP contribution in [0.2, 0.25) is 0 Å². The van der Waals surface area contributed by atoms with Crippen LogP contribution in [-0.4, -0.2) is 44.9 Å². The van der Waals surface area contributed by atoms with E-state index in [0.717, 1.165) is 12.8 Å². The normalized spacial score (nSPS) is 21.1. The van der Waals surface area contributed by atoms with E-state index in [-0.39, 0.29) is 6.04 Å². The van der Waals surface area contributed by atoms with E-state index < -0.39 is 10.2 Å². The Morgan fingerprint density at radius 1 is 1.27 bits per heavy atom. The van der Waals surface area contributed by atoms with Crippen LogP contribution in [0.15, 0.2) is 0 Å². The minimum atomic E-state index is -3.26. The molecule has 1 fully saturated rings. The molecular formula is C9H21N3O2S. The van der Waals surface area contributed by atoms with Crippen molar-refractivity contribution in [3.63, 3.8) is 0 Å². The van der Waals surface area contributed by atoms with Gasteiger partial charge in [-0.25, -0.2) is 0 Å². The zero-order valence-corrected chi connectivity index (χ0v) is 10.5. The van der Waals surface area contributed by atoms with E-state index in [0.29, 0.717) is 19.1 Å². The van der Waals surface area contributed by atoms with E-state index in [2.05, 4.69) is 10.0 Å². The fourth-order valence-corrected chi connectivity index (χ4v) is 3.19. The van der Waals surface area contributed by atoms with Gasteiger partial charge in [-0.2, -0.15) is 17.4 Å². The van der Waals surface area contributed by atoms with E-state index >= 15 is 0 Å². The van der Waals surface area contributed by atoms with Crippen molar-refractivity contribution in [2.24, 2.45) is 0 Å². The third kappa shape index (κ3) is 3.71. The Kier molecular flexibility index (Phi) is 4.51. The average Bonchev–Trinajstić information content (AvgIpc) is 2.16. The third-order valence-corrected chi connectivity index (χ3v) is 4.40. The molecule has 1 saturated heterocycles. The first-order chi connectivity index (χ1) is 6.95.